The molecule has 0 atom stereocenters. The third-order valence-electron chi connectivity index (χ3n) is 1.44. The zero-order valence-electron chi connectivity index (χ0n) is 9.11. The van der Waals surface area contributed by atoms with E-state index in [0.29, 0.717) is 5.75 Å². The van der Waals surface area contributed by atoms with Crippen molar-refractivity contribution in [2.24, 2.45) is 0 Å². The first kappa shape index (κ1) is 12.6. The molecular weight excluding hydrogens is 162 g/mol. The number of rotatable bonds is 2. The van der Waals surface area contributed by atoms with Crippen LogP contribution in [-0.4, -0.2) is 17.4 Å². The Morgan fingerprint density at radius 1 is 1.15 bits per heavy atom. The van der Waals surface area contributed by atoms with Gasteiger partial charge in [0.2, 0.25) is 0 Å². The predicted octanol–water partition coefficient (Wildman–Crippen LogP) is -2.23. The van der Waals surface area contributed by atoms with Crippen molar-refractivity contribution in [2.45, 2.75) is 13.8 Å². The molecule has 2 N–H and O–H groups in total. The van der Waals surface area contributed by atoms with E-state index in [9.17, 15) is 0 Å². The van der Waals surface area contributed by atoms with Gasteiger partial charge in [-0.15, -0.1) is 0 Å². The Kier molecular flexibility index (Phi) is 5.19. The van der Waals surface area contributed by atoms with Crippen LogP contribution in [-0.2, 0) is 0 Å². The zero-order chi connectivity index (χ0) is 9.14. The van der Waals surface area contributed by atoms with Crippen LogP contribution in [0.2, 0.25) is 0 Å². The second-order valence-corrected chi connectivity index (χ2v) is 2.77. The molecule has 0 aromatic heterocycles. The molecule has 0 saturated carbocycles. The monoisotopic (exact) mass is 174 g/mol. The Balaban J connectivity index is 0. The van der Waals surface area contributed by atoms with Gasteiger partial charge in [0.25, 0.3) is 0 Å². The summed E-state index contributed by atoms with van der Waals surface area (Å²) in [6.07, 6.45) is 0. The van der Waals surface area contributed by atoms with Gasteiger partial charge in [0, 0.05) is 0 Å². The summed E-state index contributed by atoms with van der Waals surface area (Å²) in [5.41, 5.74) is 2.07. The molecule has 0 unspecified atom stereocenters. The topological polar surface area (TPSA) is 49.7 Å². The number of aryl methyl sites for hydroxylation is 2. The van der Waals surface area contributed by atoms with Crippen molar-refractivity contribution in [1.29, 1.82) is 0 Å². The van der Waals surface area contributed by atoms with Crippen molar-refractivity contribution in [2.75, 3.05) is 0 Å². The van der Waals surface area contributed by atoms with E-state index in [2.05, 4.69) is 4.65 Å². The van der Waals surface area contributed by atoms with Crippen LogP contribution in [0.1, 0.15) is 12.6 Å². The molecule has 0 amide bonds. The van der Waals surface area contributed by atoms with Crippen LogP contribution >= 0.6 is 0 Å². The van der Waals surface area contributed by atoms with Gasteiger partial charge in [-0.2, -0.15) is 0 Å². The molecule has 0 fully saturated rings. The van der Waals surface area contributed by atoms with Gasteiger partial charge in [0.1, 0.15) is 5.75 Å². The molecule has 0 aliphatic carbocycles. The SMILES string of the molecule is Cc1cc(C)cc(OB(O)O)c1.[H-].[Li+]. The van der Waals surface area contributed by atoms with Crippen LogP contribution < -0.4 is 23.5 Å². The molecular formula is C8H12BLiO3. The molecule has 0 bridgehead atoms. The fourth-order valence-electron chi connectivity index (χ4n) is 1.12. The minimum absolute atomic E-state index is 0. The molecule has 1 aromatic carbocycles. The van der Waals surface area contributed by atoms with Crippen molar-refractivity contribution in [3.05, 3.63) is 29.3 Å². The first-order chi connectivity index (χ1) is 5.58. The van der Waals surface area contributed by atoms with Gasteiger partial charge in [-0.1, -0.05) is 6.07 Å². The Hall–Kier alpha value is -0.398. The van der Waals surface area contributed by atoms with Crippen LogP contribution in [0.25, 0.3) is 0 Å². The van der Waals surface area contributed by atoms with Gasteiger partial charge in [0.05, 0.1) is 0 Å². The Morgan fingerprint density at radius 2 is 1.62 bits per heavy atom. The third kappa shape index (κ3) is 4.39. The van der Waals surface area contributed by atoms with Crippen molar-refractivity contribution in [1.82, 2.24) is 0 Å². The molecule has 1 aromatic rings. The largest absolute Gasteiger partial charge is 1.00 e. The van der Waals surface area contributed by atoms with Gasteiger partial charge in [-0.3, -0.25) is 0 Å². The fourth-order valence-corrected chi connectivity index (χ4v) is 1.12. The van der Waals surface area contributed by atoms with Gasteiger partial charge in [-0.05, 0) is 37.1 Å². The number of benzene rings is 1. The van der Waals surface area contributed by atoms with E-state index in [1.54, 1.807) is 12.1 Å². The van der Waals surface area contributed by atoms with E-state index in [1.807, 2.05) is 19.9 Å². The molecule has 5 heteroatoms. The van der Waals surface area contributed by atoms with Crippen LogP contribution in [0.3, 0.4) is 0 Å². The Morgan fingerprint density at radius 3 is 2.00 bits per heavy atom. The van der Waals surface area contributed by atoms with Crippen LogP contribution in [0.5, 0.6) is 5.75 Å². The van der Waals surface area contributed by atoms with E-state index in [4.69, 9.17) is 10.0 Å². The van der Waals surface area contributed by atoms with E-state index >= 15 is 0 Å². The minimum atomic E-state index is -1.74. The summed E-state index contributed by atoms with van der Waals surface area (Å²) in [6.45, 7) is 3.84. The first-order valence-corrected chi connectivity index (χ1v) is 3.69. The summed E-state index contributed by atoms with van der Waals surface area (Å²) in [4.78, 5) is 0. The van der Waals surface area contributed by atoms with Crippen molar-refractivity contribution < 1.29 is 35.0 Å². The van der Waals surface area contributed by atoms with Gasteiger partial charge in [-0.25, -0.2) is 0 Å². The maximum absolute atomic E-state index is 8.52. The van der Waals surface area contributed by atoms with Crippen LogP contribution in [0.4, 0.5) is 0 Å². The average Bonchev–Trinajstić information content (AvgIpc) is 1.81. The van der Waals surface area contributed by atoms with Gasteiger partial charge >= 0.3 is 26.2 Å². The summed E-state index contributed by atoms with van der Waals surface area (Å²) in [7, 11) is -1.74. The molecule has 0 aliphatic heterocycles. The molecule has 0 aliphatic rings. The molecule has 0 heterocycles. The van der Waals surface area contributed by atoms with E-state index in [1.165, 1.54) is 0 Å². The van der Waals surface area contributed by atoms with Crippen LogP contribution in [0, 0.1) is 13.8 Å². The summed E-state index contributed by atoms with van der Waals surface area (Å²) in [5, 5.41) is 17.0. The molecule has 3 nitrogen and oxygen atoms in total. The molecule has 0 spiro atoms. The fraction of sp³-hybridized carbons (Fsp3) is 0.250. The molecule has 0 radical (unpaired) electrons. The Bertz CT molecular complexity index is 263. The summed E-state index contributed by atoms with van der Waals surface area (Å²) < 4.78 is 4.69. The minimum Gasteiger partial charge on any atom is -1.00 e. The molecule has 66 valence electrons. The molecule has 1 rings (SSSR count). The van der Waals surface area contributed by atoms with Crippen LogP contribution in [0.15, 0.2) is 18.2 Å². The van der Waals surface area contributed by atoms with Crippen molar-refractivity contribution in [3.63, 3.8) is 0 Å². The van der Waals surface area contributed by atoms with E-state index in [-0.39, 0.29) is 20.3 Å². The predicted molar refractivity (Wildman–Crippen MR) is 47.8 cm³/mol. The smallest absolute Gasteiger partial charge is 1.00 e. The summed E-state index contributed by atoms with van der Waals surface area (Å²) in [5.74, 6) is 0.475. The van der Waals surface area contributed by atoms with E-state index < -0.39 is 7.32 Å². The standard InChI is InChI=1S/C8H11BO3.Li.H/c1-6-3-7(2)5-8(4-6)12-9(10)11;;/h3-5,10-11H,1-2H3;;/q;+1;-1. The summed E-state index contributed by atoms with van der Waals surface area (Å²) in [6, 6.07) is 5.47. The second kappa shape index (κ2) is 5.36. The molecule has 0 saturated heterocycles. The van der Waals surface area contributed by atoms with Crippen molar-refractivity contribution >= 4 is 7.32 Å². The zero-order valence-corrected chi connectivity index (χ0v) is 8.11. The maximum atomic E-state index is 8.52. The Labute approximate surface area is 91.6 Å². The summed E-state index contributed by atoms with van der Waals surface area (Å²) >= 11 is 0. The number of hydrogen-bond acceptors (Lipinski definition) is 3. The quantitative estimate of drug-likeness (QED) is 0.498. The van der Waals surface area contributed by atoms with Gasteiger partial charge in [0.15, 0.2) is 0 Å². The molecule has 13 heavy (non-hydrogen) atoms. The van der Waals surface area contributed by atoms with Gasteiger partial charge < -0.3 is 16.1 Å². The normalized spacial score (nSPS) is 8.92. The second-order valence-electron chi connectivity index (χ2n) is 2.77. The number of hydrogen-bond donors (Lipinski definition) is 2. The van der Waals surface area contributed by atoms with Crippen molar-refractivity contribution in [3.8, 4) is 5.75 Å². The first-order valence-electron chi connectivity index (χ1n) is 3.69. The maximum Gasteiger partial charge on any atom is 1.00 e. The average molecular weight is 174 g/mol. The third-order valence-corrected chi connectivity index (χ3v) is 1.44. The van der Waals surface area contributed by atoms with E-state index in [0.717, 1.165) is 11.1 Å².